The molecule has 5 heteroatoms. The Labute approximate surface area is 166 Å². The topological polar surface area (TPSA) is 31.7 Å². The highest BCUT2D eigenvalue weighted by atomic mass is 32.2. The first-order valence-corrected chi connectivity index (χ1v) is 10.8. The normalized spacial score (nSPS) is 24.1. The molecule has 142 valence electrons. The van der Waals surface area contributed by atoms with Crippen LogP contribution in [0.15, 0.2) is 47.6 Å². The molecule has 1 fully saturated rings. The molecule has 0 spiro atoms. The van der Waals surface area contributed by atoms with Gasteiger partial charge in [0.15, 0.2) is 5.17 Å². The number of aliphatic imine (C=N–C) groups is 1. The molecule has 1 aromatic carbocycles. The summed E-state index contributed by atoms with van der Waals surface area (Å²) in [6, 6.07) is 13.4. The second kappa shape index (κ2) is 7.55. The maximum absolute atomic E-state index is 5.09. The Morgan fingerprint density at radius 1 is 1.19 bits per heavy atom. The minimum atomic E-state index is 0.0687. The van der Waals surface area contributed by atoms with Crippen molar-refractivity contribution in [2.45, 2.75) is 45.0 Å². The van der Waals surface area contributed by atoms with E-state index in [0.717, 1.165) is 25.3 Å². The largest absolute Gasteiger partial charge is 0.372 e. The van der Waals surface area contributed by atoms with Crippen molar-refractivity contribution in [1.82, 2.24) is 9.88 Å². The second-order valence-electron chi connectivity index (χ2n) is 7.35. The number of amidine groups is 1. The Bertz CT molecular complexity index is 831. The van der Waals surface area contributed by atoms with Crippen LogP contribution in [-0.4, -0.2) is 39.9 Å². The molecule has 0 aliphatic carbocycles. The molecule has 3 heterocycles. The van der Waals surface area contributed by atoms with Gasteiger partial charge in [0.2, 0.25) is 0 Å². The molecule has 1 saturated heterocycles. The number of anilines is 1. The summed E-state index contributed by atoms with van der Waals surface area (Å²) in [7, 11) is 0. The van der Waals surface area contributed by atoms with Crippen LogP contribution in [0.2, 0.25) is 0 Å². The predicted molar refractivity (Wildman–Crippen MR) is 116 cm³/mol. The lowest BCUT2D eigenvalue weighted by molar-refractivity contribution is 0.320. The van der Waals surface area contributed by atoms with Crippen LogP contribution in [0.1, 0.15) is 49.7 Å². The third-order valence-electron chi connectivity index (χ3n) is 5.58. The average Bonchev–Trinajstić information content (AvgIpc) is 3.20. The highest BCUT2D eigenvalue weighted by Crippen LogP contribution is 2.48. The number of rotatable bonds is 5. The first-order valence-electron chi connectivity index (χ1n) is 9.89. The lowest BCUT2D eigenvalue weighted by Crippen LogP contribution is -2.29. The van der Waals surface area contributed by atoms with Crippen LogP contribution in [-0.2, 0) is 0 Å². The smallest absolute Gasteiger partial charge is 0.160 e. The summed E-state index contributed by atoms with van der Waals surface area (Å²) >= 11 is 1.89. The van der Waals surface area contributed by atoms with E-state index in [1.807, 2.05) is 24.0 Å². The monoisotopic (exact) mass is 380 g/mol. The van der Waals surface area contributed by atoms with Gasteiger partial charge in [0, 0.05) is 36.8 Å². The molecule has 0 N–H and O–H groups in total. The molecule has 2 aliphatic rings. The summed E-state index contributed by atoms with van der Waals surface area (Å²) in [4.78, 5) is 14.6. The Morgan fingerprint density at radius 2 is 2.00 bits per heavy atom. The van der Waals surface area contributed by atoms with Crippen molar-refractivity contribution in [1.29, 1.82) is 0 Å². The number of fused-ring (bicyclic) bond motifs is 1. The van der Waals surface area contributed by atoms with E-state index < -0.39 is 0 Å². The van der Waals surface area contributed by atoms with Gasteiger partial charge in [-0.05, 0) is 56.2 Å². The minimum absolute atomic E-state index is 0.0687. The van der Waals surface area contributed by atoms with Gasteiger partial charge in [0.05, 0.1) is 11.7 Å². The lowest BCUT2D eigenvalue weighted by atomic mass is 9.92. The number of thioether (sulfide) groups is 1. The summed E-state index contributed by atoms with van der Waals surface area (Å²) in [5.41, 5.74) is 5.07. The van der Waals surface area contributed by atoms with Crippen LogP contribution in [0.25, 0.3) is 0 Å². The van der Waals surface area contributed by atoms with E-state index >= 15 is 0 Å². The molecule has 0 bridgehead atoms. The summed E-state index contributed by atoms with van der Waals surface area (Å²) in [5, 5.41) is 1.77. The molecule has 2 aliphatic heterocycles. The predicted octanol–water partition coefficient (Wildman–Crippen LogP) is 4.83. The van der Waals surface area contributed by atoms with E-state index in [4.69, 9.17) is 4.99 Å². The Kier molecular flexibility index (Phi) is 5.13. The van der Waals surface area contributed by atoms with Gasteiger partial charge in [0.25, 0.3) is 0 Å². The van der Waals surface area contributed by atoms with E-state index in [1.54, 1.807) is 0 Å². The number of hydrogen-bond donors (Lipinski definition) is 0. The number of aryl methyl sites for hydroxylation is 1. The van der Waals surface area contributed by atoms with Gasteiger partial charge in [-0.2, -0.15) is 0 Å². The number of benzene rings is 1. The fourth-order valence-electron chi connectivity index (χ4n) is 4.23. The van der Waals surface area contributed by atoms with E-state index in [2.05, 4.69) is 72.8 Å². The fourth-order valence-corrected chi connectivity index (χ4v) is 5.32. The standard InChI is InChI=1S/C22H28N4S/c1-5-25(6-2)17-10-11-18(15(3)13-17)21-20(19-9-7-8-12-23-19)24-22-26(21)14-16(4)27-22/h7-13,16,20-21H,5-6,14H2,1-4H3/t16-,20-,21+/m0/s1. The summed E-state index contributed by atoms with van der Waals surface area (Å²) in [6.07, 6.45) is 1.88. The highest BCUT2D eigenvalue weighted by molar-refractivity contribution is 8.14. The molecule has 2 aromatic rings. The van der Waals surface area contributed by atoms with Crippen LogP contribution in [0, 0.1) is 6.92 Å². The zero-order valence-corrected chi connectivity index (χ0v) is 17.4. The van der Waals surface area contributed by atoms with Gasteiger partial charge < -0.3 is 9.80 Å². The van der Waals surface area contributed by atoms with Crippen molar-refractivity contribution < 1.29 is 0 Å². The summed E-state index contributed by atoms with van der Waals surface area (Å²) in [5.74, 6) is 0. The Balaban J connectivity index is 1.74. The van der Waals surface area contributed by atoms with Crippen molar-refractivity contribution in [3.8, 4) is 0 Å². The number of aromatic nitrogens is 1. The molecule has 4 nitrogen and oxygen atoms in total. The van der Waals surface area contributed by atoms with E-state index in [9.17, 15) is 0 Å². The quantitative estimate of drug-likeness (QED) is 0.744. The van der Waals surface area contributed by atoms with Gasteiger partial charge in [0.1, 0.15) is 6.04 Å². The van der Waals surface area contributed by atoms with Crippen molar-refractivity contribution in [2.75, 3.05) is 24.5 Å². The van der Waals surface area contributed by atoms with Crippen molar-refractivity contribution in [3.05, 3.63) is 59.4 Å². The van der Waals surface area contributed by atoms with Gasteiger partial charge in [-0.25, -0.2) is 0 Å². The molecule has 4 rings (SSSR count). The van der Waals surface area contributed by atoms with E-state index in [1.165, 1.54) is 22.0 Å². The van der Waals surface area contributed by atoms with Crippen molar-refractivity contribution in [3.63, 3.8) is 0 Å². The maximum atomic E-state index is 5.09. The molecular formula is C22H28N4S. The lowest BCUT2D eigenvalue weighted by Gasteiger charge is -2.30. The Morgan fingerprint density at radius 3 is 2.67 bits per heavy atom. The average molecular weight is 381 g/mol. The third kappa shape index (κ3) is 3.33. The number of nitrogens with zero attached hydrogens (tertiary/aromatic N) is 4. The molecule has 3 atom stereocenters. The number of pyridine rings is 1. The van der Waals surface area contributed by atoms with Crippen LogP contribution >= 0.6 is 11.8 Å². The number of hydrogen-bond acceptors (Lipinski definition) is 5. The second-order valence-corrected chi connectivity index (χ2v) is 8.76. The molecule has 0 saturated carbocycles. The SMILES string of the molecule is CCN(CC)c1ccc([C@@H]2[C@H](c3ccccn3)N=C3S[C@@H](C)CN32)c(C)c1. The minimum Gasteiger partial charge on any atom is -0.372 e. The van der Waals surface area contributed by atoms with Gasteiger partial charge >= 0.3 is 0 Å². The first-order chi connectivity index (χ1) is 13.1. The maximum Gasteiger partial charge on any atom is 0.160 e. The Hall–Kier alpha value is -2.01. The molecular weight excluding hydrogens is 352 g/mol. The van der Waals surface area contributed by atoms with Crippen LogP contribution in [0.5, 0.6) is 0 Å². The molecule has 0 radical (unpaired) electrons. The van der Waals surface area contributed by atoms with Crippen LogP contribution in [0.4, 0.5) is 5.69 Å². The molecule has 0 amide bonds. The zero-order chi connectivity index (χ0) is 19.0. The van der Waals surface area contributed by atoms with Gasteiger partial charge in [-0.15, -0.1) is 0 Å². The van der Waals surface area contributed by atoms with E-state index in [-0.39, 0.29) is 12.1 Å². The zero-order valence-electron chi connectivity index (χ0n) is 16.6. The van der Waals surface area contributed by atoms with Crippen molar-refractivity contribution >= 4 is 22.6 Å². The van der Waals surface area contributed by atoms with Gasteiger partial charge in [-0.1, -0.05) is 30.8 Å². The van der Waals surface area contributed by atoms with E-state index in [0.29, 0.717) is 5.25 Å². The van der Waals surface area contributed by atoms with Crippen LogP contribution in [0.3, 0.4) is 0 Å². The van der Waals surface area contributed by atoms with Crippen molar-refractivity contribution in [2.24, 2.45) is 4.99 Å². The summed E-state index contributed by atoms with van der Waals surface area (Å²) < 4.78 is 0. The van der Waals surface area contributed by atoms with Gasteiger partial charge in [-0.3, -0.25) is 9.98 Å². The summed E-state index contributed by atoms with van der Waals surface area (Å²) in [6.45, 7) is 12.1. The molecule has 27 heavy (non-hydrogen) atoms. The third-order valence-corrected chi connectivity index (χ3v) is 6.68. The molecule has 0 unspecified atom stereocenters. The van der Waals surface area contributed by atoms with Crippen LogP contribution < -0.4 is 4.90 Å². The fraction of sp³-hybridized carbons (Fsp3) is 0.455. The molecule has 1 aromatic heterocycles. The highest BCUT2D eigenvalue weighted by Gasteiger charge is 2.43. The first kappa shape index (κ1) is 18.4.